The molecule has 0 amide bonds. The fourth-order valence-corrected chi connectivity index (χ4v) is 1.75. The van der Waals surface area contributed by atoms with Crippen molar-refractivity contribution in [1.82, 2.24) is 14.8 Å². The summed E-state index contributed by atoms with van der Waals surface area (Å²) < 4.78 is 7.49. The standard InChI is InChI=1S/C15H16ClN3O/c1-2-19-15(17-12-18-19)11-20-14-8-6-13(7-9-14)5-3-4-10-16/h6-9,12H,2,4,10-11H2,1H3. The van der Waals surface area contributed by atoms with E-state index in [1.165, 1.54) is 6.33 Å². The minimum Gasteiger partial charge on any atom is -0.486 e. The minimum absolute atomic E-state index is 0.408. The summed E-state index contributed by atoms with van der Waals surface area (Å²) in [4.78, 5) is 4.16. The Kier molecular flexibility index (Phi) is 5.45. The summed E-state index contributed by atoms with van der Waals surface area (Å²) in [6.07, 6.45) is 2.24. The van der Waals surface area contributed by atoms with Crippen LogP contribution in [0.25, 0.3) is 0 Å². The predicted octanol–water partition coefficient (Wildman–Crippen LogP) is 2.86. The van der Waals surface area contributed by atoms with Crippen LogP contribution in [-0.4, -0.2) is 20.6 Å². The topological polar surface area (TPSA) is 39.9 Å². The molecule has 0 aliphatic rings. The van der Waals surface area contributed by atoms with Gasteiger partial charge in [-0.15, -0.1) is 11.6 Å². The largest absolute Gasteiger partial charge is 0.486 e. The van der Waals surface area contributed by atoms with Crippen molar-refractivity contribution in [3.63, 3.8) is 0 Å². The molecular formula is C15H16ClN3O. The summed E-state index contributed by atoms with van der Waals surface area (Å²) >= 11 is 5.57. The van der Waals surface area contributed by atoms with Crippen LogP contribution >= 0.6 is 11.6 Å². The summed E-state index contributed by atoms with van der Waals surface area (Å²) in [7, 11) is 0. The van der Waals surface area contributed by atoms with Crippen LogP contribution in [-0.2, 0) is 13.2 Å². The van der Waals surface area contributed by atoms with Crippen LogP contribution < -0.4 is 4.74 Å². The second kappa shape index (κ2) is 7.56. The van der Waals surface area contributed by atoms with E-state index in [9.17, 15) is 0 Å². The molecule has 0 saturated carbocycles. The summed E-state index contributed by atoms with van der Waals surface area (Å²) in [5.41, 5.74) is 0.958. The van der Waals surface area contributed by atoms with E-state index in [0.717, 1.165) is 23.7 Å². The molecule has 0 aliphatic carbocycles. The fourth-order valence-electron chi connectivity index (χ4n) is 1.66. The van der Waals surface area contributed by atoms with Crippen molar-refractivity contribution < 1.29 is 4.74 Å². The van der Waals surface area contributed by atoms with Crippen LogP contribution in [0.1, 0.15) is 24.7 Å². The number of nitrogens with zero attached hydrogens (tertiary/aromatic N) is 3. The Hall–Kier alpha value is -1.99. The van der Waals surface area contributed by atoms with Crippen LogP contribution in [0.3, 0.4) is 0 Å². The molecule has 1 heterocycles. The second-order valence-corrected chi connectivity index (χ2v) is 4.42. The average molecular weight is 290 g/mol. The van der Waals surface area contributed by atoms with Gasteiger partial charge in [0, 0.05) is 24.4 Å². The molecule has 20 heavy (non-hydrogen) atoms. The first-order valence-electron chi connectivity index (χ1n) is 6.48. The molecule has 2 rings (SSSR count). The number of ether oxygens (including phenoxy) is 1. The zero-order chi connectivity index (χ0) is 14.2. The highest BCUT2D eigenvalue weighted by molar-refractivity contribution is 6.18. The molecule has 5 heteroatoms. The van der Waals surface area contributed by atoms with Crippen LogP contribution in [0.5, 0.6) is 5.75 Å². The molecule has 0 unspecified atom stereocenters. The van der Waals surface area contributed by atoms with Gasteiger partial charge in [0.25, 0.3) is 0 Å². The lowest BCUT2D eigenvalue weighted by Crippen LogP contribution is -2.07. The van der Waals surface area contributed by atoms with Gasteiger partial charge in [-0.2, -0.15) is 5.10 Å². The van der Waals surface area contributed by atoms with Gasteiger partial charge in [-0.3, -0.25) is 0 Å². The van der Waals surface area contributed by atoms with Crippen molar-refractivity contribution in [3.05, 3.63) is 42.0 Å². The third kappa shape index (κ3) is 4.01. The van der Waals surface area contributed by atoms with Gasteiger partial charge in [0.05, 0.1) is 0 Å². The maximum atomic E-state index is 5.68. The number of rotatable bonds is 5. The molecule has 104 valence electrons. The van der Waals surface area contributed by atoms with E-state index >= 15 is 0 Å². The van der Waals surface area contributed by atoms with Gasteiger partial charge in [0.1, 0.15) is 18.7 Å². The number of alkyl halides is 1. The number of hydrogen-bond acceptors (Lipinski definition) is 3. The lowest BCUT2D eigenvalue weighted by Gasteiger charge is -2.06. The van der Waals surface area contributed by atoms with Crippen LogP contribution in [0.15, 0.2) is 30.6 Å². The first kappa shape index (κ1) is 14.4. The molecular weight excluding hydrogens is 274 g/mol. The molecule has 2 aromatic rings. The van der Waals surface area contributed by atoms with Crippen molar-refractivity contribution in [1.29, 1.82) is 0 Å². The Morgan fingerprint density at radius 2 is 2.10 bits per heavy atom. The molecule has 0 atom stereocenters. The van der Waals surface area contributed by atoms with Crippen molar-refractivity contribution >= 4 is 11.6 Å². The number of aromatic nitrogens is 3. The summed E-state index contributed by atoms with van der Waals surface area (Å²) in [5, 5.41) is 4.10. The smallest absolute Gasteiger partial charge is 0.164 e. The monoisotopic (exact) mass is 289 g/mol. The van der Waals surface area contributed by atoms with Crippen LogP contribution in [0.4, 0.5) is 0 Å². The number of halogens is 1. The van der Waals surface area contributed by atoms with E-state index < -0.39 is 0 Å². The van der Waals surface area contributed by atoms with Gasteiger partial charge in [0.15, 0.2) is 5.82 Å². The Bertz CT molecular complexity index is 596. The first-order valence-corrected chi connectivity index (χ1v) is 7.01. The predicted molar refractivity (Wildman–Crippen MR) is 78.7 cm³/mol. The Morgan fingerprint density at radius 3 is 2.80 bits per heavy atom. The maximum absolute atomic E-state index is 5.68. The van der Waals surface area contributed by atoms with Crippen LogP contribution in [0.2, 0.25) is 0 Å². The fraction of sp³-hybridized carbons (Fsp3) is 0.333. The molecule has 0 aliphatic heterocycles. The Balaban J connectivity index is 1.93. The summed E-state index contributed by atoms with van der Waals surface area (Å²) in [6, 6.07) is 7.66. The highest BCUT2D eigenvalue weighted by atomic mass is 35.5. The Morgan fingerprint density at radius 1 is 1.30 bits per heavy atom. The van der Waals surface area contributed by atoms with Gasteiger partial charge >= 0.3 is 0 Å². The van der Waals surface area contributed by atoms with Gasteiger partial charge in [-0.05, 0) is 31.2 Å². The SMILES string of the molecule is CCn1ncnc1COc1ccc(C#CCCCl)cc1. The number of aryl methyl sites for hydroxylation is 1. The molecule has 4 nitrogen and oxygen atoms in total. The lowest BCUT2D eigenvalue weighted by atomic mass is 10.2. The number of benzene rings is 1. The summed E-state index contributed by atoms with van der Waals surface area (Å²) in [5.74, 6) is 8.21. The van der Waals surface area contributed by atoms with Crippen molar-refractivity contribution in [2.75, 3.05) is 5.88 Å². The third-order valence-electron chi connectivity index (χ3n) is 2.67. The zero-order valence-electron chi connectivity index (χ0n) is 11.3. The second-order valence-electron chi connectivity index (χ2n) is 4.05. The maximum Gasteiger partial charge on any atom is 0.164 e. The van der Waals surface area contributed by atoms with E-state index in [1.54, 1.807) is 0 Å². The van der Waals surface area contributed by atoms with Crippen molar-refractivity contribution in [2.24, 2.45) is 0 Å². The van der Waals surface area contributed by atoms with Gasteiger partial charge in [-0.25, -0.2) is 9.67 Å². The highest BCUT2D eigenvalue weighted by Gasteiger charge is 2.03. The normalized spacial score (nSPS) is 9.90. The van der Waals surface area contributed by atoms with Crippen LogP contribution in [0, 0.1) is 11.8 Å². The average Bonchev–Trinajstić information content (AvgIpc) is 2.94. The number of hydrogen-bond donors (Lipinski definition) is 0. The van der Waals surface area contributed by atoms with Crippen molar-refractivity contribution in [2.45, 2.75) is 26.5 Å². The Labute approximate surface area is 123 Å². The molecule has 0 spiro atoms. The van der Waals surface area contributed by atoms with E-state index in [1.807, 2.05) is 35.9 Å². The van der Waals surface area contributed by atoms with E-state index in [-0.39, 0.29) is 0 Å². The first-order chi connectivity index (χ1) is 9.83. The summed E-state index contributed by atoms with van der Waals surface area (Å²) in [6.45, 7) is 3.21. The van der Waals surface area contributed by atoms with Gasteiger partial charge in [-0.1, -0.05) is 11.8 Å². The highest BCUT2D eigenvalue weighted by Crippen LogP contribution is 2.13. The minimum atomic E-state index is 0.408. The molecule has 1 aromatic heterocycles. The molecule has 0 fully saturated rings. The third-order valence-corrected chi connectivity index (χ3v) is 2.86. The van der Waals surface area contributed by atoms with Gasteiger partial charge < -0.3 is 4.74 Å². The van der Waals surface area contributed by atoms with Gasteiger partial charge in [0.2, 0.25) is 0 Å². The lowest BCUT2D eigenvalue weighted by molar-refractivity contribution is 0.287. The quantitative estimate of drug-likeness (QED) is 0.628. The zero-order valence-corrected chi connectivity index (χ0v) is 12.1. The molecule has 0 bridgehead atoms. The molecule has 0 saturated heterocycles. The molecule has 0 N–H and O–H groups in total. The van der Waals surface area contributed by atoms with E-state index in [0.29, 0.717) is 18.9 Å². The van der Waals surface area contributed by atoms with E-state index in [2.05, 4.69) is 21.9 Å². The van der Waals surface area contributed by atoms with Crippen molar-refractivity contribution in [3.8, 4) is 17.6 Å². The van der Waals surface area contributed by atoms with E-state index in [4.69, 9.17) is 16.3 Å². The molecule has 0 radical (unpaired) electrons. The molecule has 1 aromatic carbocycles.